The molecular weight excluding hydrogens is 296 g/mol. The molecule has 1 aromatic carbocycles. The van der Waals surface area contributed by atoms with Crippen molar-refractivity contribution in [3.63, 3.8) is 0 Å². The lowest BCUT2D eigenvalue weighted by molar-refractivity contribution is 0.111. The van der Waals surface area contributed by atoms with E-state index in [-0.39, 0.29) is 0 Å². The van der Waals surface area contributed by atoms with Crippen LogP contribution >= 0.6 is 11.6 Å². The van der Waals surface area contributed by atoms with Gasteiger partial charge in [0.25, 0.3) is 0 Å². The lowest BCUT2D eigenvalue weighted by Crippen LogP contribution is -2.08. The summed E-state index contributed by atoms with van der Waals surface area (Å²) < 4.78 is 14.1. The van der Waals surface area contributed by atoms with E-state index < -0.39 is 11.0 Å². The summed E-state index contributed by atoms with van der Waals surface area (Å²) in [4.78, 5) is 15.9. The molecule has 0 radical (unpaired) electrons. The second kappa shape index (κ2) is 5.19. The quantitative estimate of drug-likeness (QED) is 0.552. The lowest BCUT2D eigenvalue weighted by Gasteiger charge is -2.06. The smallest absolute Gasteiger partial charge is 0.167 e. The monoisotopic (exact) mass is 304 g/mol. The van der Waals surface area contributed by atoms with E-state index in [1.54, 1.807) is 42.5 Å². The number of aldehydes is 1. The maximum Gasteiger partial charge on any atom is 0.167 e. The second-order valence-electron chi connectivity index (χ2n) is 4.08. The Morgan fingerprint density at radius 3 is 2.60 bits per heavy atom. The Morgan fingerprint density at radius 1 is 1.15 bits per heavy atom. The van der Waals surface area contributed by atoms with Crippen LogP contribution in [0.1, 0.15) is 10.5 Å². The van der Waals surface area contributed by atoms with Gasteiger partial charge in [-0.1, -0.05) is 29.8 Å². The van der Waals surface area contributed by atoms with Crippen LogP contribution in [0.5, 0.6) is 0 Å². The molecule has 0 aliphatic heterocycles. The summed E-state index contributed by atoms with van der Waals surface area (Å²) in [5.41, 5.74) is 1.46. The Hall–Kier alpha value is -1.98. The molecule has 1 unspecified atom stereocenters. The molecule has 2 heterocycles. The number of fused-ring (bicyclic) bond motifs is 1. The van der Waals surface area contributed by atoms with E-state index >= 15 is 0 Å². The highest BCUT2D eigenvalue weighted by atomic mass is 35.5. The van der Waals surface area contributed by atoms with E-state index in [1.165, 1.54) is 3.97 Å². The van der Waals surface area contributed by atoms with Crippen molar-refractivity contribution in [2.24, 2.45) is 0 Å². The van der Waals surface area contributed by atoms with Gasteiger partial charge in [-0.25, -0.2) is 9.19 Å². The average molecular weight is 305 g/mol. The summed E-state index contributed by atoms with van der Waals surface area (Å²) in [6, 6.07) is 13.8. The van der Waals surface area contributed by atoms with Crippen LogP contribution in [0.3, 0.4) is 0 Å². The van der Waals surface area contributed by atoms with Crippen molar-refractivity contribution in [1.29, 1.82) is 0 Å². The van der Waals surface area contributed by atoms with Crippen molar-refractivity contribution in [2.45, 2.75) is 4.90 Å². The second-order valence-corrected chi connectivity index (χ2v) is 5.80. The average Bonchev–Trinajstić information content (AvgIpc) is 2.84. The number of rotatable bonds is 3. The summed E-state index contributed by atoms with van der Waals surface area (Å²) in [7, 11) is -1.51. The van der Waals surface area contributed by atoms with Gasteiger partial charge < -0.3 is 0 Å². The van der Waals surface area contributed by atoms with Gasteiger partial charge in [0.2, 0.25) is 0 Å². The number of halogens is 1. The van der Waals surface area contributed by atoms with Gasteiger partial charge in [-0.2, -0.15) is 0 Å². The first-order valence-corrected chi connectivity index (χ1v) is 7.29. The zero-order valence-corrected chi connectivity index (χ0v) is 11.8. The first kappa shape index (κ1) is 13.0. The number of nitrogens with zero attached hydrogens (tertiary/aromatic N) is 2. The largest absolute Gasteiger partial charge is 0.296 e. The molecule has 2 aromatic heterocycles. The van der Waals surface area contributed by atoms with Gasteiger partial charge >= 0.3 is 0 Å². The maximum atomic E-state index is 12.6. The third kappa shape index (κ3) is 2.15. The molecule has 0 saturated carbocycles. The normalized spacial score (nSPS) is 12.4. The molecule has 3 aromatic rings. The molecule has 0 saturated heterocycles. The van der Waals surface area contributed by atoms with Crippen LogP contribution in [0.15, 0.2) is 53.4 Å². The third-order valence-corrected chi connectivity index (χ3v) is 4.46. The van der Waals surface area contributed by atoms with Crippen molar-refractivity contribution >= 4 is 39.9 Å². The highest BCUT2D eigenvalue weighted by Gasteiger charge is 2.16. The first-order valence-electron chi connectivity index (χ1n) is 5.81. The molecule has 3 rings (SSSR count). The molecule has 0 spiro atoms. The molecule has 6 heteroatoms. The molecule has 0 fully saturated rings. The number of hydrogen-bond donors (Lipinski definition) is 0. The minimum absolute atomic E-state index is 0.303. The fourth-order valence-electron chi connectivity index (χ4n) is 1.97. The minimum Gasteiger partial charge on any atom is -0.296 e. The van der Waals surface area contributed by atoms with Crippen molar-refractivity contribution in [1.82, 2.24) is 8.96 Å². The minimum atomic E-state index is -1.51. The van der Waals surface area contributed by atoms with Crippen molar-refractivity contribution < 1.29 is 9.00 Å². The van der Waals surface area contributed by atoms with Crippen LogP contribution in [-0.2, 0) is 11.0 Å². The maximum absolute atomic E-state index is 12.6. The number of pyridine rings is 1. The van der Waals surface area contributed by atoms with Crippen LogP contribution in [0.4, 0.5) is 0 Å². The van der Waals surface area contributed by atoms with Crippen LogP contribution in [0.2, 0.25) is 5.15 Å². The summed E-state index contributed by atoms with van der Waals surface area (Å²) in [5, 5.41) is 0.331. The van der Waals surface area contributed by atoms with Crippen LogP contribution < -0.4 is 0 Å². The lowest BCUT2D eigenvalue weighted by atomic mass is 10.4. The molecule has 0 amide bonds. The number of carbonyl (C=O) groups is 1. The standard InChI is InChI=1S/C14H9ClN2O2S/c15-14-7-6-13-12(16-14)8-10(9-18)17(13)20(19)11-4-2-1-3-5-11/h1-9H. The van der Waals surface area contributed by atoms with E-state index in [0.29, 0.717) is 33.1 Å². The molecule has 0 aliphatic rings. The zero-order valence-electron chi connectivity index (χ0n) is 10.2. The van der Waals surface area contributed by atoms with Gasteiger partial charge in [-0.05, 0) is 30.3 Å². The topological polar surface area (TPSA) is 52.0 Å². The molecule has 4 nitrogen and oxygen atoms in total. The van der Waals surface area contributed by atoms with Gasteiger partial charge in [0.1, 0.15) is 5.15 Å². The Morgan fingerprint density at radius 2 is 1.90 bits per heavy atom. The fourth-order valence-corrected chi connectivity index (χ4v) is 3.34. The van der Waals surface area contributed by atoms with E-state index in [0.717, 1.165) is 0 Å². The molecule has 0 bridgehead atoms. The van der Waals surface area contributed by atoms with Gasteiger partial charge in [0, 0.05) is 0 Å². The molecule has 1 atom stereocenters. The SMILES string of the molecule is O=Cc1cc2nc(Cl)ccc2n1S(=O)c1ccccc1. The Kier molecular flexibility index (Phi) is 3.38. The van der Waals surface area contributed by atoms with E-state index in [9.17, 15) is 9.00 Å². The predicted molar refractivity (Wildman–Crippen MR) is 78.4 cm³/mol. The van der Waals surface area contributed by atoms with Crippen molar-refractivity contribution in [3.8, 4) is 0 Å². The third-order valence-electron chi connectivity index (χ3n) is 2.84. The summed E-state index contributed by atoms with van der Waals surface area (Å²) in [6.07, 6.45) is 0.663. The summed E-state index contributed by atoms with van der Waals surface area (Å²) in [6.45, 7) is 0. The van der Waals surface area contributed by atoms with E-state index in [4.69, 9.17) is 11.6 Å². The van der Waals surface area contributed by atoms with Crippen LogP contribution in [0.25, 0.3) is 11.0 Å². The fraction of sp³-hybridized carbons (Fsp3) is 0. The summed E-state index contributed by atoms with van der Waals surface area (Å²) in [5.74, 6) is 0. The molecule has 100 valence electrons. The number of benzene rings is 1. The molecule has 0 aliphatic carbocycles. The van der Waals surface area contributed by atoms with E-state index in [2.05, 4.69) is 4.98 Å². The highest BCUT2D eigenvalue weighted by molar-refractivity contribution is 7.83. The predicted octanol–water partition coefficient (Wildman–Crippen LogP) is 3.07. The van der Waals surface area contributed by atoms with Crippen LogP contribution in [0, 0.1) is 0 Å². The first-order chi connectivity index (χ1) is 9.70. The van der Waals surface area contributed by atoms with E-state index in [1.807, 2.05) is 6.07 Å². The number of hydrogen-bond acceptors (Lipinski definition) is 3. The highest BCUT2D eigenvalue weighted by Crippen LogP contribution is 2.23. The Bertz CT molecular complexity index is 815. The number of carbonyl (C=O) groups excluding carboxylic acids is 1. The zero-order chi connectivity index (χ0) is 14.1. The molecule has 0 N–H and O–H groups in total. The van der Waals surface area contributed by atoms with Gasteiger partial charge in [-0.15, -0.1) is 0 Å². The van der Waals surface area contributed by atoms with Crippen molar-refractivity contribution in [2.75, 3.05) is 0 Å². The Labute approximate surface area is 122 Å². The van der Waals surface area contributed by atoms with Crippen molar-refractivity contribution in [3.05, 3.63) is 59.4 Å². The van der Waals surface area contributed by atoms with Crippen LogP contribution in [-0.4, -0.2) is 19.5 Å². The molecular formula is C14H9ClN2O2S. The van der Waals surface area contributed by atoms with Gasteiger partial charge in [0.15, 0.2) is 17.3 Å². The summed E-state index contributed by atoms with van der Waals surface area (Å²) >= 11 is 5.84. The number of aromatic nitrogens is 2. The van der Waals surface area contributed by atoms with Gasteiger partial charge in [0.05, 0.1) is 21.6 Å². The Balaban J connectivity index is 2.25. The molecule has 20 heavy (non-hydrogen) atoms. The van der Waals surface area contributed by atoms with Gasteiger partial charge in [-0.3, -0.25) is 8.77 Å².